The van der Waals surface area contributed by atoms with Crippen LogP contribution in [0, 0.1) is 5.92 Å². The minimum Gasteiger partial charge on any atom is -0.295 e. The summed E-state index contributed by atoms with van der Waals surface area (Å²) in [7, 11) is 1.83. The Morgan fingerprint density at radius 1 is 1.00 bits per heavy atom. The van der Waals surface area contributed by atoms with Gasteiger partial charge >= 0.3 is 5.69 Å². The van der Waals surface area contributed by atoms with E-state index in [2.05, 4.69) is 39.0 Å². The largest absolute Gasteiger partial charge is 0.333 e. The summed E-state index contributed by atoms with van der Waals surface area (Å²) in [6, 6.07) is 14.4. The highest BCUT2D eigenvalue weighted by Crippen LogP contribution is 2.22. The number of fused-ring (bicyclic) bond motifs is 1. The van der Waals surface area contributed by atoms with Crippen LogP contribution in [-0.4, -0.2) is 9.13 Å². The molecule has 0 aliphatic carbocycles. The molecule has 0 amide bonds. The maximum Gasteiger partial charge on any atom is 0.333 e. The molecule has 126 valence electrons. The molecule has 24 heavy (non-hydrogen) atoms. The number of rotatable bonds is 5. The molecule has 3 nitrogen and oxygen atoms in total. The lowest BCUT2D eigenvalue weighted by Crippen LogP contribution is -2.21. The summed E-state index contributed by atoms with van der Waals surface area (Å²) in [5.74, 6) is 0.682. The Morgan fingerprint density at radius 2 is 1.71 bits per heavy atom. The zero-order chi connectivity index (χ0) is 17.3. The van der Waals surface area contributed by atoms with E-state index in [4.69, 9.17) is 0 Å². The van der Waals surface area contributed by atoms with Crippen molar-refractivity contribution in [2.75, 3.05) is 0 Å². The number of hydrogen-bond donors (Lipinski definition) is 0. The Morgan fingerprint density at radius 3 is 2.38 bits per heavy atom. The van der Waals surface area contributed by atoms with Gasteiger partial charge in [0.25, 0.3) is 0 Å². The fraction of sp³-hybridized carbons (Fsp3) is 0.381. The van der Waals surface area contributed by atoms with Crippen molar-refractivity contribution in [2.24, 2.45) is 13.0 Å². The van der Waals surface area contributed by atoms with Crippen molar-refractivity contribution in [3.05, 3.63) is 64.1 Å². The van der Waals surface area contributed by atoms with E-state index in [1.807, 2.05) is 35.9 Å². The lowest BCUT2D eigenvalue weighted by atomic mass is 9.94. The molecule has 2 aromatic carbocycles. The second-order valence-corrected chi connectivity index (χ2v) is 6.69. The van der Waals surface area contributed by atoms with E-state index in [-0.39, 0.29) is 5.69 Å². The Bertz CT molecular complexity index is 917. The van der Waals surface area contributed by atoms with E-state index < -0.39 is 0 Å². The van der Waals surface area contributed by atoms with Crippen LogP contribution in [-0.2, 0) is 19.9 Å². The molecule has 3 heteroatoms. The second kappa shape index (κ2) is 6.68. The molecule has 0 fully saturated rings. The lowest BCUT2D eigenvalue weighted by Gasteiger charge is -2.14. The van der Waals surface area contributed by atoms with Crippen molar-refractivity contribution in [1.29, 1.82) is 0 Å². The Labute approximate surface area is 143 Å². The summed E-state index contributed by atoms with van der Waals surface area (Å²) in [6.07, 6.45) is 3.28. The highest BCUT2D eigenvalue weighted by molar-refractivity contribution is 5.78. The van der Waals surface area contributed by atoms with Gasteiger partial charge in [-0.25, -0.2) is 4.79 Å². The first-order valence-corrected chi connectivity index (χ1v) is 8.85. The molecule has 0 saturated carbocycles. The van der Waals surface area contributed by atoms with Crippen LogP contribution in [0.15, 0.2) is 47.3 Å². The zero-order valence-electron chi connectivity index (χ0n) is 15.0. The van der Waals surface area contributed by atoms with Gasteiger partial charge in [-0.15, -0.1) is 0 Å². The van der Waals surface area contributed by atoms with E-state index in [1.165, 1.54) is 17.5 Å². The Kier molecular flexibility index (Phi) is 4.61. The van der Waals surface area contributed by atoms with Crippen LogP contribution in [0.4, 0.5) is 0 Å². The van der Waals surface area contributed by atoms with Gasteiger partial charge in [-0.3, -0.25) is 9.13 Å². The topological polar surface area (TPSA) is 26.9 Å². The molecule has 1 atom stereocenters. The van der Waals surface area contributed by atoms with Crippen LogP contribution in [0.3, 0.4) is 0 Å². The smallest absolute Gasteiger partial charge is 0.295 e. The highest BCUT2D eigenvalue weighted by Gasteiger charge is 2.13. The monoisotopic (exact) mass is 322 g/mol. The number of para-hydroxylation sites is 2. The number of benzene rings is 2. The van der Waals surface area contributed by atoms with Gasteiger partial charge in [0.2, 0.25) is 0 Å². The summed E-state index contributed by atoms with van der Waals surface area (Å²) in [6.45, 7) is 6.72. The molecule has 1 heterocycles. The predicted molar refractivity (Wildman–Crippen MR) is 101 cm³/mol. The summed E-state index contributed by atoms with van der Waals surface area (Å²) < 4.78 is 3.54. The number of aromatic nitrogens is 2. The molecule has 3 aromatic rings. The average molecular weight is 322 g/mol. The molecule has 0 radical (unpaired) electrons. The molecule has 0 aliphatic heterocycles. The van der Waals surface area contributed by atoms with Crippen molar-refractivity contribution >= 4 is 11.0 Å². The average Bonchev–Trinajstić information content (AvgIpc) is 2.86. The van der Waals surface area contributed by atoms with E-state index >= 15 is 0 Å². The number of nitrogens with zero attached hydrogens (tertiary/aromatic N) is 2. The first kappa shape index (κ1) is 16.6. The van der Waals surface area contributed by atoms with Gasteiger partial charge in [-0.1, -0.05) is 45.4 Å². The molecular formula is C21H26N2O. The fourth-order valence-corrected chi connectivity index (χ4v) is 3.34. The maximum absolute atomic E-state index is 12.7. The summed E-state index contributed by atoms with van der Waals surface area (Å²) in [5, 5.41) is 0. The van der Waals surface area contributed by atoms with Crippen LogP contribution < -0.4 is 5.69 Å². The SMILES string of the molecule is CCc1cc(-n2c(=O)n(C)c3ccccc32)ccc1CC(C)CC. The first-order chi connectivity index (χ1) is 11.6. The van der Waals surface area contributed by atoms with Crippen molar-refractivity contribution < 1.29 is 0 Å². The Balaban J connectivity index is 2.14. The van der Waals surface area contributed by atoms with Crippen LogP contribution >= 0.6 is 0 Å². The van der Waals surface area contributed by atoms with Crippen LogP contribution in [0.2, 0.25) is 0 Å². The standard InChI is InChI=1S/C21H26N2O/c1-5-15(3)13-17-11-12-18(14-16(17)6-2)23-20-10-8-7-9-19(20)22(4)21(23)24/h7-12,14-15H,5-6,13H2,1-4H3. The normalized spacial score (nSPS) is 12.7. The van der Waals surface area contributed by atoms with Gasteiger partial charge in [0.1, 0.15) is 0 Å². The van der Waals surface area contributed by atoms with E-state index in [1.54, 1.807) is 4.57 Å². The molecule has 0 bridgehead atoms. The van der Waals surface area contributed by atoms with E-state index in [9.17, 15) is 4.79 Å². The van der Waals surface area contributed by atoms with Crippen molar-refractivity contribution in [1.82, 2.24) is 9.13 Å². The number of hydrogen-bond acceptors (Lipinski definition) is 1. The van der Waals surface area contributed by atoms with Gasteiger partial charge in [0.05, 0.1) is 16.7 Å². The molecule has 0 saturated heterocycles. The molecule has 0 spiro atoms. The maximum atomic E-state index is 12.7. The summed E-state index contributed by atoms with van der Waals surface area (Å²) in [4.78, 5) is 12.7. The second-order valence-electron chi connectivity index (χ2n) is 6.69. The van der Waals surface area contributed by atoms with Gasteiger partial charge in [-0.05, 0) is 54.2 Å². The summed E-state index contributed by atoms with van der Waals surface area (Å²) in [5.41, 5.74) is 5.64. The quantitative estimate of drug-likeness (QED) is 0.680. The number of imidazole rings is 1. The molecule has 1 aromatic heterocycles. The lowest BCUT2D eigenvalue weighted by molar-refractivity contribution is 0.558. The minimum absolute atomic E-state index is 0.00734. The predicted octanol–water partition coefficient (Wildman–Crippen LogP) is 4.48. The van der Waals surface area contributed by atoms with E-state index in [0.717, 1.165) is 29.6 Å². The van der Waals surface area contributed by atoms with Gasteiger partial charge in [0.15, 0.2) is 0 Å². The van der Waals surface area contributed by atoms with Crippen molar-refractivity contribution in [3.63, 3.8) is 0 Å². The molecular weight excluding hydrogens is 296 g/mol. The molecule has 0 aliphatic rings. The van der Waals surface area contributed by atoms with Gasteiger partial charge in [-0.2, -0.15) is 0 Å². The van der Waals surface area contributed by atoms with Crippen LogP contribution in [0.25, 0.3) is 16.7 Å². The third-order valence-electron chi connectivity index (χ3n) is 5.06. The van der Waals surface area contributed by atoms with Gasteiger partial charge < -0.3 is 0 Å². The van der Waals surface area contributed by atoms with Crippen LogP contribution in [0.1, 0.15) is 38.3 Å². The highest BCUT2D eigenvalue weighted by atomic mass is 16.1. The summed E-state index contributed by atoms with van der Waals surface area (Å²) >= 11 is 0. The zero-order valence-corrected chi connectivity index (χ0v) is 15.0. The Hall–Kier alpha value is -2.29. The molecule has 3 rings (SSSR count). The van der Waals surface area contributed by atoms with Crippen molar-refractivity contribution in [3.8, 4) is 5.69 Å². The third kappa shape index (κ3) is 2.79. The van der Waals surface area contributed by atoms with Crippen LogP contribution in [0.5, 0.6) is 0 Å². The van der Waals surface area contributed by atoms with Gasteiger partial charge in [0, 0.05) is 7.05 Å². The van der Waals surface area contributed by atoms with E-state index in [0.29, 0.717) is 5.92 Å². The fourth-order valence-electron chi connectivity index (χ4n) is 3.34. The number of aryl methyl sites for hydroxylation is 2. The minimum atomic E-state index is 0.00734. The molecule has 0 N–H and O–H groups in total. The first-order valence-electron chi connectivity index (χ1n) is 8.85. The molecule has 1 unspecified atom stereocenters. The third-order valence-corrected chi connectivity index (χ3v) is 5.06. The van der Waals surface area contributed by atoms with Crippen molar-refractivity contribution in [2.45, 2.75) is 40.0 Å².